The Morgan fingerprint density at radius 2 is 2.19 bits per heavy atom. The number of aromatic nitrogens is 1. The van der Waals surface area contributed by atoms with Crippen molar-refractivity contribution in [3.63, 3.8) is 0 Å². The second-order valence-corrected chi connectivity index (χ2v) is 5.34. The van der Waals surface area contributed by atoms with Crippen molar-refractivity contribution >= 4 is 28.3 Å². The molecule has 2 N–H and O–H groups in total. The second kappa shape index (κ2) is 3.55. The Balaban J connectivity index is 2.05. The van der Waals surface area contributed by atoms with Gasteiger partial charge in [-0.25, -0.2) is 4.98 Å². The zero-order valence-corrected chi connectivity index (χ0v) is 9.75. The van der Waals surface area contributed by atoms with E-state index in [0.29, 0.717) is 5.13 Å². The average molecular weight is 240 g/mol. The van der Waals surface area contributed by atoms with Crippen LogP contribution in [-0.2, 0) is 9.59 Å². The van der Waals surface area contributed by atoms with E-state index >= 15 is 0 Å². The van der Waals surface area contributed by atoms with Crippen molar-refractivity contribution in [2.45, 2.75) is 13.8 Å². The fourth-order valence-corrected chi connectivity index (χ4v) is 2.59. The summed E-state index contributed by atoms with van der Waals surface area (Å²) in [5, 5.41) is 13.8. The quantitative estimate of drug-likeness (QED) is 0.837. The first kappa shape index (κ1) is 11.1. The van der Waals surface area contributed by atoms with Gasteiger partial charge in [0.25, 0.3) is 0 Å². The average Bonchev–Trinajstić information content (AvgIpc) is 2.58. The van der Waals surface area contributed by atoms with Crippen LogP contribution in [0.5, 0.6) is 0 Å². The van der Waals surface area contributed by atoms with Gasteiger partial charge in [0.1, 0.15) is 0 Å². The van der Waals surface area contributed by atoms with Gasteiger partial charge in [0.2, 0.25) is 5.91 Å². The van der Waals surface area contributed by atoms with Crippen LogP contribution >= 0.6 is 11.3 Å². The Morgan fingerprint density at radius 1 is 1.50 bits per heavy atom. The molecule has 0 saturated heterocycles. The summed E-state index contributed by atoms with van der Waals surface area (Å²) in [5.74, 6) is -2.22. The van der Waals surface area contributed by atoms with E-state index in [1.165, 1.54) is 11.3 Å². The van der Waals surface area contributed by atoms with Crippen molar-refractivity contribution < 1.29 is 14.7 Å². The van der Waals surface area contributed by atoms with Crippen molar-refractivity contribution in [2.75, 3.05) is 5.32 Å². The molecule has 1 amide bonds. The molecule has 0 unspecified atom stereocenters. The fraction of sp³-hybridized carbons (Fsp3) is 0.500. The number of carbonyl (C=O) groups excluding carboxylic acids is 1. The van der Waals surface area contributed by atoms with E-state index < -0.39 is 23.2 Å². The number of thiazole rings is 1. The van der Waals surface area contributed by atoms with Crippen LogP contribution in [0, 0.1) is 17.3 Å². The van der Waals surface area contributed by atoms with Crippen molar-refractivity contribution in [3.05, 3.63) is 11.6 Å². The number of anilines is 1. The maximum atomic E-state index is 11.8. The molecule has 2 atom stereocenters. The Kier molecular flexibility index (Phi) is 2.46. The third-order valence-corrected chi connectivity index (χ3v) is 3.73. The number of hydrogen-bond donors (Lipinski definition) is 2. The minimum Gasteiger partial charge on any atom is -0.481 e. The SMILES string of the molecule is CC1(C)[C@H](C(=O)Nc2nccs2)[C@@H]1C(=O)O. The highest BCUT2D eigenvalue weighted by molar-refractivity contribution is 7.13. The summed E-state index contributed by atoms with van der Waals surface area (Å²) in [6, 6.07) is 0. The zero-order valence-electron chi connectivity index (χ0n) is 8.93. The molecule has 0 radical (unpaired) electrons. The largest absolute Gasteiger partial charge is 0.481 e. The summed E-state index contributed by atoms with van der Waals surface area (Å²) < 4.78 is 0. The van der Waals surface area contributed by atoms with E-state index in [1.54, 1.807) is 25.4 Å². The highest BCUT2D eigenvalue weighted by Gasteiger charge is 2.65. The molecule has 2 rings (SSSR count). The van der Waals surface area contributed by atoms with Crippen LogP contribution < -0.4 is 5.32 Å². The maximum absolute atomic E-state index is 11.8. The molecule has 1 aliphatic carbocycles. The standard InChI is InChI=1S/C10H12N2O3S/c1-10(2)5(6(10)8(14)15)7(13)12-9-11-3-4-16-9/h3-6H,1-2H3,(H,14,15)(H,11,12,13)/t5-,6+/m0/s1. The Labute approximate surface area is 96.5 Å². The van der Waals surface area contributed by atoms with Crippen molar-refractivity contribution in [1.29, 1.82) is 0 Å². The summed E-state index contributed by atoms with van der Waals surface area (Å²) in [7, 11) is 0. The maximum Gasteiger partial charge on any atom is 0.307 e. The minimum atomic E-state index is -0.913. The first-order valence-electron chi connectivity index (χ1n) is 4.87. The van der Waals surface area contributed by atoms with Crippen LogP contribution in [-0.4, -0.2) is 22.0 Å². The van der Waals surface area contributed by atoms with Gasteiger partial charge in [0, 0.05) is 11.6 Å². The number of amides is 1. The molecule has 6 heteroatoms. The normalized spacial score (nSPS) is 26.1. The van der Waals surface area contributed by atoms with Crippen molar-refractivity contribution in [1.82, 2.24) is 4.98 Å². The van der Waals surface area contributed by atoms with Gasteiger partial charge in [0.05, 0.1) is 11.8 Å². The molecular formula is C10H12N2O3S. The molecule has 5 nitrogen and oxygen atoms in total. The Morgan fingerprint density at radius 3 is 2.62 bits per heavy atom. The van der Waals surface area contributed by atoms with E-state index in [0.717, 1.165) is 0 Å². The molecule has 1 saturated carbocycles. The van der Waals surface area contributed by atoms with E-state index in [4.69, 9.17) is 5.11 Å². The van der Waals surface area contributed by atoms with Gasteiger partial charge in [-0.2, -0.15) is 0 Å². The first-order valence-corrected chi connectivity index (χ1v) is 5.75. The lowest BCUT2D eigenvalue weighted by atomic mass is 10.1. The summed E-state index contributed by atoms with van der Waals surface area (Å²) in [5.41, 5.74) is -0.465. The number of nitrogens with one attached hydrogen (secondary N) is 1. The number of carboxylic acids is 1. The molecule has 86 valence electrons. The van der Waals surface area contributed by atoms with Gasteiger partial charge >= 0.3 is 5.97 Å². The topological polar surface area (TPSA) is 79.3 Å². The lowest BCUT2D eigenvalue weighted by Crippen LogP contribution is -2.17. The summed E-state index contributed by atoms with van der Waals surface area (Å²) >= 11 is 1.32. The molecule has 0 spiro atoms. The monoisotopic (exact) mass is 240 g/mol. The third kappa shape index (κ3) is 1.69. The molecular weight excluding hydrogens is 228 g/mol. The van der Waals surface area contributed by atoms with Crippen LogP contribution in [0.3, 0.4) is 0 Å². The number of carboxylic acid groups (broad SMARTS) is 1. The lowest BCUT2D eigenvalue weighted by Gasteiger charge is -2.01. The summed E-state index contributed by atoms with van der Waals surface area (Å²) in [6.45, 7) is 3.58. The smallest absolute Gasteiger partial charge is 0.307 e. The van der Waals surface area contributed by atoms with Gasteiger partial charge in [-0.15, -0.1) is 11.3 Å². The third-order valence-electron chi connectivity index (χ3n) is 3.04. The minimum absolute atomic E-state index is 0.257. The van der Waals surface area contributed by atoms with Gasteiger partial charge in [-0.05, 0) is 5.41 Å². The molecule has 1 fully saturated rings. The van der Waals surface area contributed by atoms with Crippen molar-refractivity contribution in [3.8, 4) is 0 Å². The molecule has 16 heavy (non-hydrogen) atoms. The predicted octanol–water partition coefficient (Wildman–Crippen LogP) is 1.44. The van der Waals surface area contributed by atoms with E-state index in [1.807, 2.05) is 0 Å². The molecule has 0 bridgehead atoms. The molecule has 1 heterocycles. The first-order chi connectivity index (χ1) is 7.44. The fourth-order valence-electron chi connectivity index (χ4n) is 2.06. The van der Waals surface area contributed by atoms with Crippen LogP contribution in [0.1, 0.15) is 13.8 Å². The lowest BCUT2D eigenvalue weighted by molar-refractivity contribution is -0.140. The number of rotatable bonds is 3. The summed E-state index contributed by atoms with van der Waals surface area (Å²) in [6.07, 6.45) is 1.59. The van der Waals surface area contributed by atoms with Gasteiger partial charge in [-0.3, -0.25) is 9.59 Å². The highest BCUT2D eigenvalue weighted by Crippen LogP contribution is 2.58. The number of carbonyl (C=O) groups is 2. The Hall–Kier alpha value is -1.43. The van der Waals surface area contributed by atoms with Crippen LogP contribution in [0.15, 0.2) is 11.6 Å². The zero-order chi connectivity index (χ0) is 11.9. The number of aliphatic carboxylic acids is 1. The van der Waals surface area contributed by atoms with Gasteiger partial charge < -0.3 is 10.4 Å². The van der Waals surface area contributed by atoms with E-state index in [9.17, 15) is 9.59 Å². The van der Waals surface area contributed by atoms with Crippen LogP contribution in [0.2, 0.25) is 0 Å². The van der Waals surface area contributed by atoms with Gasteiger partial charge in [-0.1, -0.05) is 13.8 Å². The number of hydrogen-bond acceptors (Lipinski definition) is 4. The molecule has 1 aliphatic rings. The van der Waals surface area contributed by atoms with Crippen molar-refractivity contribution in [2.24, 2.45) is 17.3 Å². The van der Waals surface area contributed by atoms with Gasteiger partial charge in [0.15, 0.2) is 5.13 Å². The van der Waals surface area contributed by atoms with E-state index in [2.05, 4.69) is 10.3 Å². The molecule has 0 aromatic carbocycles. The molecule has 1 aromatic heterocycles. The Bertz CT molecular complexity index is 427. The highest BCUT2D eigenvalue weighted by atomic mass is 32.1. The van der Waals surface area contributed by atoms with E-state index in [-0.39, 0.29) is 5.91 Å². The predicted molar refractivity (Wildman–Crippen MR) is 59.1 cm³/mol. The second-order valence-electron chi connectivity index (χ2n) is 4.44. The number of nitrogens with zero attached hydrogens (tertiary/aromatic N) is 1. The van der Waals surface area contributed by atoms with Crippen LogP contribution in [0.25, 0.3) is 0 Å². The van der Waals surface area contributed by atoms with Crippen LogP contribution in [0.4, 0.5) is 5.13 Å². The molecule has 0 aliphatic heterocycles. The molecule has 1 aromatic rings. The summed E-state index contributed by atoms with van der Waals surface area (Å²) in [4.78, 5) is 26.6.